The third-order valence-corrected chi connectivity index (χ3v) is 14.0. The number of aryl methyl sites for hydroxylation is 2. The highest BCUT2D eigenvalue weighted by molar-refractivity contribution is 6.71. The largest absolute Gasteiger partial charge is 0.469 e. The van der Waals surface area contributed by atoms with E-state index in [1.165, 1.54) is 7.11 Å². The van der Waals surface area contributed by atoms with Gasteiger partial charge in [0, 0.05) is 54.8 Å². The molecule has 1 spiro atoms. The lowest BCUT2D eigenvalue weighted by Crippen LogP contribution is -2.46. The van der Waals surface area contributed by atoms with Crippen LogP contribution < -0.4 is 9.80 Å². The molecule has 5 atom stereocenters. The minimum Gasteiger partial charge on any atom is -0.469 e. The predicted molar refractivity (Wildman–Crippen MR) is 206 cm³/mol. The number of carbonyl (C=O) groups is 3. The van der Waals surface area contributed by atoms with Gasteiger partial charge in [-0.3, -0.25) is 24.0 Å². The lowest BCUT2D eigenvalue weighted by Gasteiger charge is -2.33. The van der Waals surface area contributed by atoms with Gasteiger partial charge >= 0.3 is 5.97 Å². The number of fused-ring (bicyclic) bond motifs is 3. The molecule has 1 saturated heterocycles. The maximum atomic E-state index is 15.0. The summed E-state index contributed by atoms with van der Waals surface area (Å²) in [6, 6.07) is 23.3. The molecule has 284 valence electrons. The second kappa shape index (κ2) is 15.2. The van der Waals surface area contributed by atoms with Crippen molar-refractivity contribution in [1.82, 2.24) is 15.0 Å². The SMILES string of the molecule is COC(=O)CCCCN1C(=O)[C@@]2(O[C@@H](CCn3cc(C(CO)c4ccccc4)nn3)[C@H]([Si](C)(C)O)[C@H]2C)c2cc(N3C(=O)CCc4ccccc43)ccc21. The van der Waals surface area contributed by atoms with Crippen LogP contribution in [0.1, 0.15) is 67.3 Å². The van der Waals surface area contributed by atoms with E-state index in [9.17, 15) is 24.3 Å². The molecule has 0 saturated carbocycles. The molecule has 4 heterocycles. The molecule has 3 aromatic carbocycles. The van der Waals surface area contributed by atoms with Crippen LogP contribution in [0.5, 0.6) is 0 Å². The molecule has 1 unspecified atom stereocenters. The Morgan fingerprint density at radius 2 is 1.78 bits per heavy atom. The molecular weight excluding hydrogens is 703 g/mol. The highest BCUT2D eigenvalue weighted by atomic mass is 28.4. The highest BCUT2D eigenvalue weighted by Gasteiger charge is 2.66. The molecule has 1 fully saturated rings. The monoisotopic (exact) mass is 751 g/mol. The number of rotatable bonds is 13. The topological polar surface area (TPSA) is 147 Å². The fraction of sp³-hybridized carbons (Fsp3) is 0.439. The molecule has 0 bridgehead atoms. The molecule has 7 rings (SSSR count). The summed E-state index contributed by atoms with van der Waals surface area (Å²) in [4.78, 5) is 55.8. The molecule has 2 N–H and O–H groups in total. The summed E-state index contributed by atoms with van der Waals surface area (Å²) in [6.45, 7) is 6.48. The van der Waals surface area contributed by atoms with E-state index in [2.05, 4.69) is 10.3 Å². The first-order valence-corrected chi connectivity index (χ1v) is 21.9. The number of carbonyl (C=O) groups excluding carboxylic acids is 3. The summed E-state index contributed by atoms with van der Waals surface area (Å²) >= 11 is 0. The lowest BCUT2D eigenvalue weighted by molar-refractivity contribution is -0.146. The van der Waals surface area contributed by atoms with Crippen molar-refractivity contribution >= 4 is 43.2 Å². The van der Waals surface area contributed by atoms with Crippen molar-refractivity contribution in [3.05, 3.63) is 101 Å². The van der Waals surface area contributed by atoms with E-state index >= 15 is 0 Å². The number of unbranched alkanes of at least 4 members (excludes halogenated alkanes) is 1. The van der Waals surface area contributed by atoms with Crippen LogP contribution in [0.3, 0.4) is 0 Å². The van der Waals surface area contributed by atoms with E-state index in [-0.39, 0.29) is 42.3 Å². The van der Waals surface area contributed by atoms with Crippen LogP contribution >= 0.6 is 0 Å². The van der Waals surface area contributed by atoms with E-state index < -0.39 is 25.9 Å². The number of esters is 1. The number of benzene rings is 3. The van der Waals surface area contributed by atoms with Gasteiger partial charge in [0.1, 0.15) is 0 Å². The minimum absolute atomic E-state index is 0.0189. The number of aromatic nitrogens is 3. The molecule has 0 radical (unpaired) electrons. The summed E-state index contributed by atoms with van der Waals surface area (Å²) in [5.41, 5.74) is 3.84. The van der Waals surface area contributed by atoms with Crippen molar-refractivity contribution in [2.75, 3.05) is 30.1 Å². The predicted octanol–water partition coefficient (Wildman–Crippen LogP) is 5.59. The Kier molecular flexibility index (Phi) is 10.6. The zero-order valence-corrected chi connectivity index (χ0v) is 32.4. The standard InChI is InChI=1S/C41H49N5O7Si/c1-27-39(54(3,4)51)36(21-23-44-25-33(42-43-44)31(26-47)28-12-6-5-7-13-28)53-41(27)32-24-30(46-34-15-9-8-14-29(34)17-20-37(46)48)18-19-35(32)45(40(41)50)22-11-10-16-38(49)52-2/h5-9,12-15,18-19,24-25,27,31,36,39,47,51H,10-11,16-17,20-23,26H2,1-4H3/t27-,31?,36+,39-,41+/m1/s1. The summed E-state index contributed by atoms with van der Waals surface area (Å²) < 4.78 is 13.7. The van der Waals surface area contributed by atoms with Gasteiger partial charge in [0.2, 0.25) is 5.91 Å². The van der Waals surface area contributed by atoms with E-state index in [1.54, 1.807) is 14.5 Å². The third kappa shape index (κ3) is 6.78. The van der Waals surface area contributed by atoms with Crippen molar-refractivity contribution in [1.29, 1.82) is 0 Å². The molecule has 0 aliphatic carbocycles. The number of amides is 2. The van der Waals surface area contributed by atoms with Crippen molar-refractivity contribution in [2.45, 2.75) is 88.3 Å². The normalized spacial score (nSPS) is 22.8. The van der Waals surface area contributed by atoms with Gasteiger partial charge in [0.05, 0.1) is 42.8 Å². The number of aliphatic hydroxyl groups excluding tert-OH is 1. The summed E-state index contributed by atoms with van der Waals surface area (Å²) in [5.74, 6) is -1.23. The molecule has 13 heteroatoms. The second-order valence-corrected chi connectivity index (χ2v) is 19.2. The number of hydrogen-bond donors (Lipinski definition) is 2. The van der Waals surface area contributed by atoms with Crippen LogP contribution in [0.4, 0.5) is 17.1 Å². The smallest absolute Gasteiger partial charge is 0.305 e. The number of nitrogens with zero attached hydrogens (tertiary/aromatic N) is 5. The van der Waals surface area contributed by atoms with Crippen LogP contribution in [0.15, 0.2) is 79.0 Å². The van der Waals surface area contributed by atoms with Crippen LogP contribution in [0.2, 0.25) is 18.6 Å². The van der Waals surface area contributed by atoms with Crippen molar-refractivity contribution in [3.63, 3.8) is 0 Å². The van der Waals surface area contributed by atoms with Gasteiger partial charge in [-0.1, -0.05) is 60.7 Å². The zero-order chi connectivity index (χ0) is 38.2. The Hall–Kier alpha value is -4.69. The fourth-order valence-electron chi connectivity index (χ4n) is 8.95. The molecule has 1 aromatic heterocycles. The molecule has 3 aliphatic heterocycles. The van der Waals surface area contributed by atoms with E-state index in [4.69, 9.17) is 9.47 Å². The van der Waals surface area contributed by atoms with Gasteiger partial charge in [-0.05, 0) is 74.2 Å². The van der Waals surface area contributed by atoms with Gasteiger partial charge in [-0.25, -0.2) is 0 Å². The molecule has 12 nitrogen and oxygen atoms in total. The molecule has 2 amide bonds. The van der Waals surface area contributed by atoms with Crippen LogP contribution in [-0.2, 0) is 42.4 Å². The molecular formula is C41H49N5O7Si. The van der Waals surface area contributed by atoms with Crippen molar-refractivity contribution < 1.29 is 33.8 Å². The van der Waals surface area contributed by atoms with Crippen molar-refractivity contribution in [3.8, 4) is 0 Å². The van der Waals surface area contributed by atoms with Crippen LogP contribution in [0, 0.1) is 5.92 Å². The summed E-state index contributed by atoms with van der Waals surface area (Å²) in [7, 11) is -1.59. The average Bonchev–Trinajstić information content (AvgIpc) is 3.82. The third-order valence-electron chi connectivity index (χ3n) is 11.5. The van der Waals surface area contributed by atoms with Gasteiger partial charge in [-0.15, -0.1) is 5.10 Å². The first-order chi connectivity index (χ1) is 26.0. The lowest BCUT2D eigenvalue weighted by atomic mass is 9.82. The highest BCUT2D eigenvalue weighted by Crippen LogP contribution is 2.60. The Morgan fingerprint density at radius 3 is 2.52 bits per heavy atom. The maximum absolute atomic E-state index is 15.0. The van der Waals surface area contributed by atoms with E-state index in [0.29, 0.717) is 67.8 Å². The molecule has 3 aliphatic rings. The number of methoxy groups -OCH3 is 1. The molecule has 4 aromatic rings. The van der Waals surface area contributed by atoms with Crippen LogP contribution in [-0.4, -0.2) is 77.4 Å². The van der Waals surface area contributed by atoms with Gasteiger partial charge < -0.3 is 24.3 Å². The quantitative estimate of drug-likeness (QED) is 0.101. The summed E-state index contributed by atoms with van der Waals surface area (Å²) in [5, 5.41) is 19.0. The number of aliphatic hydroxyl groups is 1. The first kappa shape index (κ1) is 37.6. The Bertz CT molecular complexity index is 2020. The van der Waals surface area contributed by atoms with E-state index in [1.807, 2.05) is 99.0 Å². The number of anilines is 3. The number of ether oxygens (including phenoxy) is 2. The van der Waals surface area contributed by atoms with Crippen molar-refractivity contribution in [2.24, 2.45) is 5.92 Å². The average molecular weight is 752 g/mol. The van der Waals surface area contributed by atoms with Gasteiger partial charge in [0.25, 0.3) is 5.91 Å². The van der Waals surface area contributed by atoms with Crippen LogP contribution in [0.25, 0.3) is 0 Å². The van der Waals surface area contributed by atoms with Gasteiger partial charge in [-0.2, -0.15) is 0 Å². The minimum atomic E-state index is -2.96. The zero-order valence-electron chi connectivity index (χ0n) is 31.4. The number of hydrogen-bond acceptors (Lipinski definition) is 9. The number of para-hydroxylation sites is 1. The first-order valence-electron chi connectivity index (χ1n) is 18.9. The Morgan fingerprint density at radius 1 is 1.02 bits per heavy atom. The maximum Gasteiger partial charge on any atom is 0.305 e. The fourth-order valence-corrected chi connectivity index (χ4v) is 11.5. The Labute approximate surface area is 316 Å². The summed E-state index contributed by atoms with van der Waals surface area (Å²) in [6.07, 6.45) is 4.23. The second-order valence-electron chi connectivity index (χ2n) is 15.3. The Balaban J connectivity index is 1.23. The van der Waals surface area contributed by atoms with Gasteiger partial charge in [0.15, 0.2) is 13.9 Å². The van der Waals surface area contributed by atoms with E-state index in [0.717, 1.165) is 16.8 Å². The molecule has 54 heavy (non-hydrogen) atoms.